The predicted molar refractivity (Wildman–Crippen MR) is 80.5 cm³/mol. The molecule has 0 bridgehead atoms. The van der Waals surface area contributed by atoms with Crippen LogP contribution in [0.25, 0.3) is 11.1 Å². The van der Waals surface area contributed by atoms with Crippen LogP contribution < -0.4 is 11.5 Å². The Morgan fingerprint density at radius 2 is 1.61 bits per heavy atom. The summed E-state index contributed by atoms with van der Waals surface area (Å²) in [4.78, 5) is 33.5. The van der Waals surface area contributed by atoms with Crippen LogP contribution in [-0.4, -0.2) is 16.7 Å². The maximum absolute atomic E-state index is 14.4. The van der Waals surface area contributed by atoms with E-state index in [1.165, 1.54) is 18.2 Å². The van der Waals surface area contributed by atoms with E-state index in [1.807, 2.05) is 0 Å². The van der Waals surface area contributed by atoms with Gasteiger partial charge in [-0.2, -0.15) is 0 Å². The maximum Gasteiger partial charge on any atom is 0.281 e. The zero-order valence-electron chi connectivity index (χ0n) is 11.4. The van der Waals surface area contributed by atoms with Gasteiger partial charge in [-0.1, -0.05) is 17.7 Å². The van der Waals surface area contributed by atoms with Gasteiger partial charge in [-0.25, -0.2) is 4.39 Å². The van der Waals surface area contributed by atoms with Crippen molar-refractivity contribution in [2.45, 2.75) is 0 Å². The molecule has 0 aromatic heterocycles. The number of benzene rings is 2. The van der Waals surface area contributed by atoms with Gasteiger partial charge in [0.1, 0.15) is 5.82 Å². The van der Waals surface area contributed by atoms with Crippen molar-refractivity contribution in [2.75, 3.05) is 0 Å². The lowest BCUT2D eigenvalue weighted by Gasteiger charge is -2.12. The first kappa shape index (κ1) is 16.4. The number of nitrogens with zero attached hydrogens (tertiary/aromatic N) is 1. The van der Waals surface area contributed by atoms with E-state index in [0.717, 1.165) is 12.1 Å². The monoisotopic (exact) mass is 337 g/mol. The zero-order valence-corrected chi connectivity index (χ0v) is 12.1. The average Bonchev–Trinajstić information content (AvgIpc) is 2.45. The summed E-state index contributed by atoms with van der Waals surface area (Å²) < 4.78 is 14.4. The van der Waals surface area contributed by atoms with Crippen LogP contribution in [0.4, 0.5) is 10.1 Å². The molecule has 4 N–H and O–H groups in total. The van der Waals surface area contributed by atoms with Crippen molar-refractivity contribution in [2.24, 2.45) is 11.5 Å². The number of halogens is 2. The van der Waals surface area contributed by atoms with Crippen LogP contribution in [-0.2, 0) is 0 Å². The molecule has 2 aromatic rings. The van der Waals surface area contributed by atoms with Crippen molar-refractivity contribution < 1.29 is 18.9 Å². The fourth-order valence-electron chi connectivity index (χ4n) is 2.18. The molecule has 0 radical (unpaired) electrons. The summed E-state index contributed by atoms with van der Waals surface area (Å²) in [6.45, 7) is 0. The molecule has 0 aliphatic carbocycles. The number of nitro groups is 1. The maximum atomic E-state index is 14.4. The van der Waals surface area contributed by atoms with Crippen molar-refractivity contribution in [3.8, 4) is 11.1 Å². The number of primary amides is 2. The van der Waals surface area contributed by atoms with Gasteiger partial charge in [0.2, 0.25) is 11.8 Å². The fraction of sp³-hybridized carbons (Fsp3) is 0. The Morgan fingerprint density at radius 3 is 2.04 bits per heavy atom. The predicted octanol–water partition coefficient (Wildman–Crippen LogP) is 2.25. The van der Waals surface area contributed by atoms with Gasteiger partial charge in [-0.3, -0.25) is 19.7 Å². The molecule has 0 saturated heterocycles. The van der Waals surface area contributed by atoms with Crippen LogP contribution >= 0.6 is 11.6 Å². The second-order valence-corrected chi connectivity index (χ2v) is 4.93. The number of hydrogen-bond donors (Lipinski definition) is 2. The van der Waals surface area contributed by atoms with Gasteiger partial charge in [0.25, 0.3) is 5.69 Å². The fourth-order valence-corrected chi connectivity index (χ4v) is 2.38. The number of carbonyl (C=O) groups excluding carboxylic acids is 2. The van der Waals surface area contributed by atoms with Gasteiger partial charge in [0.15, 0.2) is 0 Å². The minimum Gasteiger partial charge on any atom is -0.366 e. The zero-order chi connectivity index (χ0) is 17.3. The molecule has 0 aliphatic heterocycles. The SMILES string of the molecule is NC(=O)c1cccc(C(N)=O)c1-c1c(F)cc(Cl)cc1[N+](=O)[O-]. The molecule has 0 spiro atoms. The van der Waals surface area contributed by atoms with E-state index >= 15 is 0 Å². The third-order valence-corrected chi connectivity index (χ3v) is 3.29. The van der Waals surface area contributed by atoms with Crippen LogP contribution in [0.3, 0.4) is 0 Å². The number of amides is 2. The lowest BCUT2D eigenvalue weighted by Crippen LogP contribution is -2.18. The number of carbonyl (C=O) groups is 2. The summed E-state index contributed by atoms with van der Waals surface area (Å²) in [6.07, 6.45) is 0. The highest BCUT2D eigenvalue weighted by Crippen LogP contribution is 2.38. The van der Waals surface area contributed by atoms with Crippen molar-refractivity contribution in [3.63, 3.8) is 0 Å². The number of nitro benzene ring substituents is 1. The first-order chi connectivity index (χ1) is 10.7. The molecule has 0 atom stereocenters. The van der Waals surface area contributed by atoms with E-state index in [0.29, 0.717) is 0 Å². The van der Waals surface area contributed by atoms with Crippen LogP contribution in [0.1, 0.15) is 20.7 Å². The Labute approximate surface area is 133 Å². The highest BCUT2D eigenvalue weighted by Gasteiger charge is 2.28. The molecule has 23 heavy (non-hydrogen) atoms. The van der Waals surface area contributed by atoms with E-state index in [4.69, 9.17) is 23.1 Å². The highest BCUT2D eigenvalue weighted by atomic mass is 35.5. The lowest BCUT2D eigenvalue weighted by atomic mass is 9.92. The molecule has 0 fully saturated rings. The van der Waals surface area contributed by atoms with Crippen LogP contribution in [0.2, 0.25) is 5.02 Å². The lowest BCUT2D eigenvalue weighted by molar-refractivity contribution is -0.384. The molecule has 2 aromatic carbocycles. The minimum atomic E-state index is -1.08. The van der Waals surface area contributed by atoms with Gasteiger partial charge < -0.3 is 11.5 Å². The average molecular weight is 338 g/mol. The summed E-state index contributed by atoms with van der Waals surface area (Å²) in [6, 6.07) is 5.46. The minimum absolute atomic E-state index is 0.213. The Bertz CT molecular complexity index is 822. The standard InChI is InChI=1S/C14H9ClFN3O4/c15-6-4-9(16)12(10(5-6)19(22)23)11-7(13(17)20)2-1-3-8(11)14(18)21/h1-5H,(H2,17,20)(H2,18,21). The summed E-state index contributed by atoms with van der Waals surface area (Å²) in [7, 11) is 0. The number of rotatable bonds is 4. The molecule has 2 amide bonds. The Hall–Kier alpha value is -3.00. The molecule has 118 valence electrons. The van der Waals surface area contributed by atoms with Crippen LogP contribution in [0.5, 0.6) is 0 Å². The Balaban J connectivity index is 3.00. The van der Waals surface area contributed by atoms with E-state index < -0.39 is 33.8 Å². The second-order valence-electron chi connectivity index (χ2n) is 4.50. The van der Waals surface area contributed by atoms with Gasteiger partial charge in [0, 0.05) is 22.8 Å². The van der Waals surface area contributed by atoms with Gasteiger partial charge >= 0.3 is 0 Å². The van der Waals surface area contributed by atoms with Crippen molar-refractivity contribution in [1.29, 1.82) is 0 Å². The summed E-state index contributed by atoms with van der Waals surface area (Å²) in [5.74, 6) is -3.07. The first-order valence-corrected chi connectivity index (χ1v) is 6.48. The molecule has 0 aliphatic rings. The van der Waals surface area contributed by atoms with Crippen molar-refractivity contribution in [3.05, 3.63) is 62.4 Å². The molecule has 0 heterocycles. The van der Waals surface area contributed by atoms with Gasteiger partial charge in [0.05, 0.1) is 15.5 Å². The van der Waals surface area contributed by atoms with Crippen LogP contribution in [0.15, 0.2) is 30.3 Å². The van der Waals surface area contributed by atoms with E-state index in [-0.39, 0.29) is 21.7 Å². The highest BCUT2D eigenvalue weighted by molar-refractivity contribution is 6.31. The molecule has 2 rings (SSSR count). The Kier molecular flexibility index (Phi) is 4.28. The second kappa shape index (κ2) is 6.01. The number of nitrogens with two attached hydrogens (primary N) is 2. The van der Waals surface area contributed by atoms with Gasteiger partial charge in [-0.05, 0) is 18.2 Å². The van der Waals surface area contributed by atoms with Crippen molar-refractivity contribution in [1.82, 2.24) is 0 Å². The van der Waals surface area contributed by atoms with Gasteiger partial charge in [-0.15, -0.1) is 0 Å². The van der Waals surface area contributed by atoms with Crippen molar-refractivity contribution >= 4 is 29.1 Å². The normalized spacial score (nSPS) is 10.3. The first-order valence-electron chi connectivity index (χ1n) is 6.10. The quantitative estimate of drug-likeness (QED) is 0.654. The third-order valence-electron chi connectivity index (χ3n) is 3.08. The smallest absolute Gasteiger partial charge is 0.281 e. The van der Waals surface area contributed by atoms with E-state index in [2.05, 4.69) is 0 Å². The van der Waals surface area contributed by atoms with E-state index in [1.54, 1.807) is 0 Å². The molecular formula is C14H9ClFN3O4. The topological polar surface area (TPSA) is 129 Å². The van der Waals surface area contributed by atoms with E-state index in [9.17, 15) is 24.1 Å². The molecule has 7 nitrogen and oxygen atoms in total. The Morgan fingerprint density at radius 1 is 1.09 bits per heavy atom. The molecular weight excluding hydrogens is 329 g/mol. The number of hydrogen-bond acceptors (Lipinski definition) is 4. The third kappa shape index (κ3) is 2.97. The molecule has 0 saturated carbocycles. The summed E-state index contributed by atoms with van der Waals surface area (Å²) in [5.41, 5.74) is 8.25. The summed E-state index contributed by atoms with van der Waals surface area (Å²) >= 11 is 5.63. The van der Waals surface area contributed by atoms with Crippen LogP contribution in [0, 0.1) is 15.9 Å². The summed E-state index contributed by atoms with van der Waals surface area (Å²) in [5, 5.41) is 11.0. The molecule has 9 heteroatoms. The largest absolute Gasteiger partial charge is 0.366 e. The molecule has 0 unspecified atom stereocenters.